The molecule has 0 spiro atoms. The average Bonchev–Trinajstić information content (AvgIpc) is 2.47. The molecule has 1 atom stereocenters. The molecule has 0 saturated carbocycles. The summed E-state index contributed by atoms with van der Waals surface area (Å²) in [4.78, 5) is 2.05. The molecule has 0 aliphatic heterocycles. The molecule has 0 aliphatic rings. The number of nitrogens with zero attached hydrogens (tertiary/aromatic N) is 1. The maximum absolute atomic E-state index is 14.2. The van der Waals surface area contributed by atoms with Crippen LogP contribution in [0, 0.1) is 19.7 Å². The third-order valence-electron chi connectivity index (χ3n) is 3.98. The number of rotatable bonds is 5. The highest BCUT2D eigenvalue weighted by Gasteiger charge is 2.23. The summed E-state index contributed by atoms with van der Waals surface area (Å²) < 4.78 is 14.2. The maximum Gasteiger partial charge on any atom is 0.146 e. The summed E-state index contributed by atoms with van der Waals surface area (Å²) in [5, 5.41) is 0. The fourth-order valence-corrected chi connectivity index (χ4v) is 3.00. The van der Waals surface area contributed by atoms with Gasteiger partial charge in [-0.15, -0.1) is 0 Å². The number of aryl methyl sites for hydroxylation is 2. The third-order valence-corrected chi connectivity index (χ3v) is 3.98. The number of benzene rings is 2. The van der Waals surface area contributed by atoms with Crippen LogP contribution in [0.3, 0.4) is 0 Å². The van der Waals surface area contributed by atoms with E-state index < -0.39 is 0 Å². The van der Waals surface area contributed by atoms with E-state index in [-0.39, 0.29) is 11.9 Å². The summed E-state index contributed by atoms with van der Waals surface area (Å²) >= 11 is 0. The Balaban J connectivity index is 2.51. The lowest BCUT2D eigenvalue weighted by Gasteiger charge is -2.34. The Morgan fingerprint density at radius 3 is 2.19 bits per heavy atom. The molecule has 2 rings (SSSR count). The second-order valence-electron chi connectivity index (χ2n) is 5.29. The Hall–Kier alpha value is -1.87. The number of likely N-dealkylation sites (N-methyl/N-ethyl adjacent to an activating group) is 1. The minimum Gasteiger partial charge on any atom is -0.361 e. The van der Waals surface area contributed by atoms with Gasteiger partial charge in [-0.3, -0.25) is 0 Å². The molecule has 0 aliphatic carbocycles. The van der Waals surface area contributed by atoms with E-state index in [1.165, 1.54) is 22.8 Å². The molecular formula is C18H23FN2. The minimum atomic E-state index is -0.205. The van der Waals surface area contributed by atoms with Gasteiger partial charge < -0.3 is 10.6 Å². The van der Waals surface area contributed by atoms with Gasteiger partial charge in [0.05, 0.1) is 11.7 Å². The van der Waals surface area contributed by atoms with Crippen molar-refractivity contribution in [3.8, 4) is 0 Å². The van der Waals surface area contributed by atoms with E-state index in [2.05, 4.69) is 26.0 Å². The van der Waals surface area contributed by atoms with Gasteiger partial charge in [-0.1, -0.05) is 30.3 Å². The molecule has 2 aromatic rings. The van der Waals surface area contributed by atoms with Crippen LogP contribution in [0.2, 0.25) is 0 Å². The van der Waals surface area contributed by atoms with Crippen LogP contribution < -0.4 is 10.6 Å². The lowest BCUT2D eigenvalue weighted by atomic mass is 9.94. The number of halogens is 1. The Kier molecular flexibility index (Phi) is 4.97. The monoisotopic (exact) mass is 286 g/mol. The van der Waals surface area contributed by atoms with Crippen LogP contribution in [-0.2, 0) is 0 Å². The highest BCUT2D eigenvalue weighted by molar-refractivity contribution is 5.52. The van der Waals surface area contributed by atoms with Crippen molar-refractivity contribution < 1.29 is 4.39 Å². The Morgan fingerprint density at radius 2 is 1.67 bits per heavy atom. The molecule has 2 N–H and O–H groups in total. The van der Waals surface area contributed by atoms with E-state index in [4.69, 9.17) is 5.73 Å². The van der Waals surface area contributed by atoms with Crippen molar-refractivity contribution in [2.45, 2.75) is 26.8 Å². The fraction of sp³-hybridized carbons (Fsp3) is 0.333. The first kappa shape index (κ1) is 15.5. The van der Waals surface area contributed by atoms with E-state index in [1.807, 2.05) is 30.0 Å². The summed E-state index contributed by atoms with van der Waals surface area (Å²) in [6.07, 6.45) is 0. The number of nitrogens with two attached hydrogens (primary N) is 1. The van der Waals surface area contributed by atoms with E-state index in [0.29, 0.717) is 18.8 Å². The van der Waals surface area contributed by atoms with Gasteiger partial charge in [-0.05, 0) is 49.6 Å². The zero-order valence-corrected chi connectivity index (χ0v) is 12.9. The van der Waals surface area contributed by atoms with Crippen molar-refractivity contribution in [3.63, 3.8) is 0 Å². The first-order chi connectivity index (χ1) is 10.1. The molecule has 0 heterocycles. The van der Waals surface area contributed by atoms with Crippen molar-refractivity contribution >= 4 is 5.69 Å². The number of hydrogen-bond donors (Lipinski definition) is 1. The summed E-state index contributed by atoms with van der Waals surface area (Å²) in [6, 6.07) is 13.1. The lowest BCUT2D eigenvalue weighted by Crippen LogP contribution is -2.35. The topological polar surface area (TPSA) is 29.3 Å². The van der Waals surface area contributed by atoms with E-state index in [0.717, 1.165) is 0 Å². The molecule has 0 saturated heterocycles. The van der Waals surface area contributed by atoms with Crippen molar-refractivity contribution in [1.29, 1.82) is 0 Å². The quantitative estimate of drug-likeness (QED) is 0.901. The van der Waals surface area contributed by atoms with E-state index in [9.17, 15) is 4.39 Å². The van der Waals surface area contributed by atoms with Gasteiger partial charge in [-0.2, -0.15) is 0 Å². The Morgan fingerprint density at radius 1 is 1.05 bits per heavy atom. The van der Waals surface area contributed by atoms with Crippen molar-refractivity contribution in [2.75, 3.05) is 18.0 Å². The van der Waals surface area contributed by atoms with Crippen LogP contribution in [0.25, 0.3) is 0 Å². The normalized spacial score (nSPS) is 12.2. The standard InChI is InChI=1S/C18H23FN2/c1-4-21(16-11-6-5-10-15(16)19)17(12-20)18-13(2)8-7-9-14(18)3/h5-11,17H,4,12,20H2,1-3H3. The molecule has 0 bridgehead atoms. The molecule has 21 heavy (non-hydrogen) atoms. The first-order valence-corrected chi connectivity index (χ1v) is 7.37. The summed E-state index contributed by atoms with van der Waals surface area (Å²) in [5.74, 6) is -0.205. The van der Waals surface area contributed by atoms with Crippen LogP contribution in [0.4, 0.5) is 10.1 Å². The van der Waals surface area contributed by atoms with Gasteiger partial charge in [0.1, 0.15) is 5.82 Å². The van der Waals surface area contributed by atoms with Crippen molar-refractivity contribution in [2.24, 2.45) is 5.73 Å². The summed E-state index contributed by atoms with van der Waals surface area (Å²) in [5.41, 5.74) is 10.2. The second-order valence-corrected chi connectivity index (χ2v) is 5.29. The van der Waals surface area contributed by atoms with Gasteiger partial charge in [0.15, 0.2) is 0 Å². The van der Waals surface area contributed by atoms with Crippen LogP contribution >= 0.6 is 0 Å². The van der Waals surface area contributed by atoms with Crippen molar-refractivity contribution in [3.05, 3.63) is 65.0 Å². The highest BCUT2D eigenvalue weighted by Crippen LogP contribution is 2.31. The molecule has 0 amide bonds. The van der Waals surface area contributed by atoms with Gasteiger partial charge >= 0.3 is 0 Å². The van der Waals surface area contributed by atoms with Crippen LogP contribution in [-0.4, -0.2) is 13.1 Å². The first-order valence-electron chi connectivity index (χ1n) is 7.37. The SMILES string of the molecule is CCN(c1ccccc1F)C(CN)c1c(C)cccc1C. The van der Waals surface area contributed by atoms with Crippen LogP contribution in [0.15, 0.2) is 42.5 Å². The van der Waals surface area contributed by atoms with Crippen LogP contribution in [0.1, 0.15) is 29.7 Å². The largest absolute Gasteiger partial charge is 0.361 e. The minimum absolute atomic E-state index is 0.0203. The molecular weight excluding hydrogens is 263 g/mol. The molecule has 2 nitrogen and oxygen atoms in total. The van der Waals surface area contributed by atoms with Gasteiger partial charge in [0, 0.05) is 13.1 Å². The Bertz CT molecular complexity index is 590. The zero-order chi connectivity index (χ0) is 15.4. The van der Waals surface area contributed by atoms with E-state index >= 15 is 0 Å². The van der Waals surface area contributed by atoms with Crippen LogP contribution in [0.5, 0.6) is 0 Å². The molecule has 0 aromatic heterocycles. The smallest absolute Gasteiger partial charge is 0.146 e. The van der Waals surface area contributed by atoms with Gasteiger partial charge in [0.25, 0.3) is 0 Å². The lowest BCUT2D eigenvalue weighted by molar-refractivity contribution is 0.586. The number of hydrogen-bond acceptors (Lipinski definition) is 2. The molecule has 0 radical (unpaired) electrons. The van der Waals surface area contributed by atoms with Gasteiger partial charge in [0.2, 0.25) is 0 Å². The zero-order valence-electron chi connectivity index (χ0n) is 12.9. The van der Waals surface area contributed by atoms with Gasteiger partial charge in [-0.25, -0.2) is 4.39 Å². The predicted molar refractivity (Wildman–Crippen MR) is 87.1 cm³/mol. The molecule has 2 aromatic carbocycles. The molecule has 112 valence electrons. The van der Waals surface area contributed by atoms with Crippen molar-refractivity contribution in [1.82, 2.24) is 0 Å². The second kappa shape index (κ2) is 6.72. The fourth-order valence-electron chi connectivity index (χ4n) is 3.00. The average molecular weight is 286 g/mol. The summed E-state index contributed by atoms with van der Waals surface area (Å²) in [6.45, 7) is 7.35. The summed E-state index contributed by atoms with van der Waals surface area (Å²) in [7, 11) is 0. The highest BCUT2D eigenvalue weighted by atomic mass is 19.1. The number of para-hydroxylation sites is 1. The number of anilines is 1. The predicted octanol–water partition coefficient (Wildman–Crippen LogP) is 3.97. The maximum atomic E-state index is 14.2. The van der Waals surface area contributed by atoms with E-state index in [1.54, 1.807) is 6.07 Å². The Labute approximate surface area is 126 Å². The third kappa shape index (κ3) is 3.08. The molecule has 0 fully saturated rings. The molecule has 1 unspecified atom stereocenters. The molecule has 3 heteroatoms.